The Labute approximate surface area is 109 Å². The molecule has 1 aliphatic rings. The Balaban J connectivity index is 2.14. The number of rotatable bonds is 3. The summed E-state index contributed by atoms with van der Waals surface area (Å²) in [6, 6.07) is -0.693. The number of hydrogen-bond acceptors (Lipinski definition) is 6. The highest BCUT2D eigenvalue weighted by atomic mass is 32.3. The SMILES string of the molecule is O=C1CC(CS(=O)(=O)F)CN1c1nnc(C(F)(F)F)o1. The summed E-state index contributed by atoms with van der Waals surface area (Å²) in [5.74, 6) is -4.10. The average molecular weight is 317 g/mol. The lowest BCUT2D eigenvalue weighted by Crippen LogP contribution is -2.25. The zero-order valence-corrected chi connectivity index (χ0v) is 10.4. The van der Waals surface area contributed by atoms with Gasteiger partial charge >= 0.3 is 28.3 Å². The third-order valence-electron chi connectivity index (χ3n) is 2.53. The van der Waals surface area contributed by atoms with Crippen LogP contribution in [0.2, 0.25) is 0 Å². The van der Waals surface area contributed by atoms with Gasteiger partial charge in [-0.1, -0.05) is 5.10 Å². The fourth-order valence-electron chi connectivity index (χ4n) is 1.80. The van der Waals surface area contributed by atoms with Gasteiger partial charge in [-0.3, -0.25) is 9.69 Å². The number of carbonyl (C=O) groups is 1. The van der Waals surface area contributed by atoms with Crippen LogP contribution in [-0.4, -0.2) is 36.8 Å². The van der Waals surface area contributed by atoms with Gasteiger partial charge in [0, 0.05) is 18.9 Å². The lowest BCUT2D eigenvalue weighted by Gasteiger charge is -2.10. The number of amides is 1. The molecule has 2 rings (SSSR count). The Hall–Kier alpha value is -1.72. The Morgan fingerprint density at radius 3 is 2.50 bits per heavy atom. The van der Waals surface area contributed by atoms with Crippen LogP contribution in [0, 0.1) is 5.92 Å². The van der Waals surface area contributed by atoms with Crippen molar-refractivity contribution in [2.24, 2.45) is 5.92 Å². The molecule has 0 saturated carbocycles. The topological polar surface area (TPSA) is 93.4 Å². The van der Waals surface area contributed by atoms with E-state index in [9.17, 15) is 30.3 Å². The molecule has 1 aromatic rings. The largest absolute Gasteiger partial charge is 0.470 e. The number of alkyl halides is 3. The molecule has 0 spiro atoms. The second-order valence-corrected chi connectivity index (χ2v) is 5.58. The van der Waals surface area contributed by atoms with E-state index in [-0.39, 0.29) is 13.0 Å². The van der Waals surface area contributed by atoms with Crippen molar-refractivity contribution in [3.05, 3.63) is 5.89 Å². The van der Waals surface area contributed by atoms with E-state index in [0.29, 0.717) is 4.90 Å². The molecule has 0 aliphatic carbocycles. The monoisotopic (exact) mass is 317 g/mol. The van der Waals surface area contributed by atoms with Crippen LogP contribution >= 0.6 is 0 Å². The molecule has 1 aliphatic heterocycles. The van der Waals surface area contributed by atoms with Crippen molar-refractivity contribution in [1.82, 2.24) is 10.2 Å². The van der Waals surface area contributed by atoms with Crippen LogP contribution in [0.4, 0.5) is 23.1 Å². The molecule has 0 N–H and O–H groups in total. The van der Waals surface area contributed by atoms with E-state index < -0.39 is 45.9 Å². The molecule has 1 saturated heterocycles. The maximum Gasteiger partial charge on any atom is 0.470 e. The summed E-state index contributed by atoms with van der Waals surface area (Å²) < 4.78 is 74.5. The number of aromatic nitrogens is 2. The van der Waals surface area contributed by atoms with Crippen LogP contribution in [0.25, 0.3) is 0 Å². The van der Waals surface area contributed by atoms with Crippen LogP contribution in [0.15, 0.2) is 4.42 Å². The molecule has 1 amide bonds. The summed E-state index contributed by atoms with van der Waals surface area (Å²) in [6.07, 6.45) is -5.18. The highest BCUT2D eigenvalue weighted by molar-refractivity contribution is 7.86. The van der Waals surface area contributed by atoms with E-state index in [1.54, 1.807) is 0 Å². The van der Waals surface area contributed by atoms with E-state index in [0.717, 1.165) is 0 Å². The smallest absolute Gasteiger partial charge is 0.399 e. The van der Waals surface area contributed by atoms with Gasteiger partial charge in [0.2, 0.25) is 5.91 Å². The van der Waals surface area contributed by atoms with Crippen molar-refractivity contribution in [3.8, 4) is 0 Å². The maximum absolute atomic E-state index is 12.5. The van der Waals surface area contributed by atoms with Gasteiger partial charge in [0.05, 0.1) is 5.75 Å². The van der Waals surface area contributed by atoms with Gasteiger partial charge < -0.3 is 4.42 Å². The Morgan fingerprint density at radius 2 is 2.00 bits per heavy atom. The lowest BCUT2D eigenvalue weighted by atomic mass is 10.1. The second kappa shape index (κ2) is 4.68. The third kappa shape index (κ3) is 3.23. The van der Waals surface area contributed by atoms with Gasteiger partial charge in [-0.2, -0.15) is 21.6 Å². The van der Waals surface area contributed by atoms with Crippen LogP contribution in [0.1, 0.15) is 12.3 Å². The molecule has 1 atom stereocenters. The number of halogens is 4. The summed E-state index contributed by atoms with van der Waals surface area (Å²) >= 11 is 0. The van der Waals surface area contributed by atoms with Crippen LogP contribution in [-0.2, 0) is 21.2 Å². The molecule has 1 unspecified atom stereocenters. The molecule has 12 heteroatoms. The number of anilines is 1. The van der Waals surface area contributed by atoms with Gasteiger partial charge in [-0.05, 0) is 0 Å². The van der Waals surface area contributed by atoms with Crippen LogP contribution in [0.3, 0.4) is 0 Å². The zero-order valence-electron chi connectivity index (χ0n) is 9.59. The average Bonchev–Trinajstić information content (AvgIpc) is 2.81. The summed E-state index contributed by atoms with van der Waals surface area (Å²) in [5, 5.41) is 5.81. The first-order chi connectivity index (χ1) is 9.06. The standard InChI is InChI=1S/C8H7F4N3O4S/c9-8(10,11)6-13-14-7(19-6)15-2-4(1-5(15)16)3-20(12,17)18/h4H,1-3H2. The molecular formula is C8H7F4N3O4S. The first-order valence-corrected chi connectivity index (χ1v) is 6.75. The zero-order chi connectivity index (χ0) is 15.1. The van der Waals surface area contributed by atoms with Gasteiger partial charge in [0.1, 0.15) is 0 Å². The second-order valence-electron chi connectivity index (χ2n) is 4.17. The van der Waals surface area contributed by atoms with E-state index in [2.05, 4.69) is 14.6 Å². The predicted molar refractivity (Wildman–Crippen MR) is 54.7 cm³/mol. The molecule has 112 valence electrons. The van der Waals surface area contributed by atoms with Crippen molar-refractivity contribution >= 4 is 22.1 Å². The van der Waals surface area contributed by atoms with Crippen molar-refractivity contribution < 1.29 is 34.7 Å². The van der Waals surface area contributed by atoms with Gasteiger partial charge in [-0.15, -0.1) is 8.98 Å². The van der Waals surface area contributed by atoms with E-state index in [4.69, 9.17) is 0 Å². The predicted octanol–water partition coefficient (Wildman–Crippen LogP) is 0.741. The molecule has 1 fully saturated rings. The van der Waals surface area contributed by atoms with Gasteiger partial charge in [-0.25, -0.2) is 0 Å². The summed E-state index contributed by atoms with van der Waals surface area (Å²) in [4.78, 5) is 12.2. The molecular weight excluding hydrogens is 310 g/mol. The van der Waals surface area contributed by atoms with Crippen LogP contribution in [0.5, 0.6) is 0 Å². The molecule has 0 radical (unpaired) electrons. The lowest BCUT2D eigenvalue weighted by molar-refractivity contribution is -0.157. The summed E-state index contributed by atoms with van der Waals surface area (Å²) in [5.41, 5.74) is 0. The number of carbonyl (C=O) groups excluding carboxylic acids is 1. The Morgan fingerprint density at radius 1 is 1.35 bits per heavy atom. The first kappa shape index (κ1) is 14.7. The minimum Gasteiger partial charge on any atom is -0.399 e. The number of hydrogen-bond donors (Lipinski definition) is 0. The number of nitrogens with zero attached hydrogens (tertiary/aromatic N) is 3. The minimum absolute atomic E-state index is 0.304. The molecule has 7 nitrogen and oxygen atoms in total. The van der Waals surface area contributed by atoms with Crippen molar-refractivity contribution in [1.29, 1.82) is 0 Å². The van der Waals surface area contributed by atoms with Crippen molar-refractivity contribution in [2.45, 2.75) is 12.6 Å². The fraction of sp³-hybridized carbons (Fsp3) is 0.625. The highest BCUT2D eigenvalue weighted by Crippen LogP contribution is 2.31. The van der Waals surface area contributed by atoms with Gasteiger partial charge in [0.15, 0.2) is 0 Å². The molecule has 20 heavy (non-hydrogen) atoms. The summed E-state index contributed by atoms with van der Waals surface area (Å²) in [7, 11) is -4.78. The van der Waals surface area contributed by atoms with Crippen molar-refractivity contribution in [2.75, 3.05) is 17.2 Å². The van der Waals surface area contributed by atoms with E-state index in [1.807, 2.05) is 0 Å². The van der Waals surface area contributed by atoms with Gasteiger partial charge in [0.25, 0.3) is 0 Å². The van der Waals surface area contributed by atoms with E-state index in [1.165, 1.54) is 0 Å². The Kier molecular flexibility index (Phi) is 3.44. The fourth-order valence-corrected chi connectivity index (χ4v) is 2.59. The molecule has 0 bridgehead atoms. The molecule has 0 aromatic carbocycles. The quantitative estimate of drug-likeness (QED) is 0.603. The normalized spacial score (nSPS) is 20.7. The van der Waals surface area contributed by atoms with E-state index >= 15 is 0 Å². The first-order valence-electron chi connectivity index (χ1n) is 5.19. The Bertz CT molecular complexity index is 626. The minimum atomic E-state index is -4.85. The van der Waals surface area contributed by atoms with Crippen molar-refractivity contribution in [3.63, 3.8) is 0 Å². The molecule has 2 heterocycles. The third-order valence-corrected chi connectivity index (χ3v) is 3.40. The highest BCUT2D eigenvalue weighted by Gasteiger charge is 2.41. The molecule has 1 aromatic heterocycles. The van der Waals surface area contributed by atoms with Crippen LogP contribution < -0.4 is 4.90 Å². The maximum atomic E-state index is 12.5. The summed E-state index contributed by atoms with van der Waals surface area (Å²) in [6.45, 7) is -0.304.